The topological polar surface area (TPSA) is 54.3 Å². The fourth-order valence-corrected chi connectivity index (χ4v) is 5.18. The Labute approximate surface area is 128 Å². The number of nitrogens with zero attached hydrogens (tertiary/aromatic N) is 2. The van der Waals surface area contributed by atoms with Gasteiger partial charge in [0.25, 0.3) is 0 Å². The second-order valence-corrected chi connectivity index (χ2v) is 7.72. The van der Waals surface area contributed by atoms with Crippen LogP contribution in [0.25, 0.3) is 0 Å². The van der Waals surface area contributed by atoms with Crippen molar-refractivity contribution in [2.75, 3.05) is 6.54 Å². The number of nitrogens with one attached hydrogen (secondary N) is 1. The quantitative estimate of drug-likeness (QED) is 0.875. The first-order chi connectivity index (χ1) is 9.91. The third-order valence-electron chi connectivity index (χ3n) is 4.40. The number of hydrogen-bond donors (Lipinski definition) is 1. The van der Waals surface area contributed by atoms with Crippen molar-refractivity contribution < 1.29 is 8.42 Å². The summed E-state index contributed by atoms with van der Waals surface area (Å²) in [5, 5.41) is 3.24. The van der Waals surface area contributed by atoms with Gasteiger partial charge >= 0.3 is 0 Å². The highest BCUT2D eigenvalue weighted by Gasteiger charge is 2.39. The van der Waals surface area contributed by atoms with E-state index in [1.807, 2.05) is 25.5 Å². The summed E-state index contributed by atoms with van der Waals surface area (Å²) >= 11 is 0. The summed E-state index contributed by atoms with van der Waals surface area (Å²) in [6.45, 7) is 7.67. The third kappa shape index (κ3) is 3.17. The molecule has 6 heteroatoms. The summed E-state index contributed by atoms with van der Waals surface area (Å²) < 4.78 is 29.5. The summed E-state index contributed by atoms with van der Waals surface area (Å²) in [7, 11) is -1.49. The summed E-state index contributed by atoms with van der Waals surface area (Å²) in [4.78, 5) is 0.421. The molecule has 2 rings (SSSR count). The van der Waals surface area contributed by atoms with Gasteiger partial charge in [-0.15, -0.1) is 0 Å². The van der Waals surface area contributed by atoms with Crippen molar-refractivity contribution in [1.82, 2.24) is 14.2 Å². The fourth-order valence-electron chi connectivity index (χ4n) is 3.13. The van der Waals surface area contributed by atoms with Crippen LogP contribution in [0.3, 0.4) is 0 Å². The Morgan fingerprint density at radius 1 is 1.33 bits per heavy atom. The molecule has 0 bridgehead atoms. The van der Waals surface area contributed by atoms with Gasteiger partial charge in [0.05, 0.1) is 0 Å². The van der Waals surface area contributed by atoms with Crippen molar-refractivity contribution >= 4 is 10.0 Å². The summed E-state index contributed by atoms with van der Waals surface area (Å²) in [6, 6.07) is 2.04. The highest BCUT2D eigenvalue weighted by Crippen LogP contribution is 2.32. The molecule has 1 N–H and O–H groups in total. The highest BCUT2D eigenvalue weighted by atomic mass is 32.2. The average Bonchev–Trinajstić information content (AvgIpc) is 3.00. The Morgan fingerprint density at radius 3 is 2.67 bits per heavy atom. The minimum atomic E-state index is -3.39. The van der Waals surface area contributed by atoms with Crippen LogP contribution in [0.4, 0.5) is 0 Å². The van der Waals surface area contributed by atoms with Gasteiger partial charge in [0.2, 0.25) is 10.0 Å². The predicted octanol–water partition coefficient (Wildman–Crippen LogP) is 2.09. The van der Waals surface area contributed by atoms with Gasteiger partial charge < -0.3 is 9.88 Å². The molecule has 0 aromatic carbocycles. The van der Waals surface area contributed by atoms with Gasteiger partial charge in [-0.3, -0.25) is 0 Å². The molecule has 5 nitrogen and oxygen atoms in total. The number of sulfonamides is 1. The Bertz CT molecular complexity index is 580. The van der Waals surface area contributed by atoms with Gasteiger partial charge in [0, 0.05) is 37.6 Å². The summed E-state index contributed by atoms with van der Waals surface area (Å²) in [5.74, 6) is 0. The normalized spacial score (nSPS) is 23.8. The molecule has 0 radical (unpaired) electrons. The lowest BCUT2D eigenvalue weighted by Crippen LogP contribution is -2.39. The Morgan fingerprint density at radius 2 is 2.05 bits per heavy atom. The Kier molecular flexibility index (Phi) is 5.11. The molecule has 1 aromatic heterocycles. The maximum Gasteiger partial charge on any atom is 0.245 e. The van der Waals surface area contributed by atoms with E-state index in [0.717, 1.165) is 31.5 Å². The van der Waals surface area contributed by atoms with Crippen molar-refractivity contribution in [3.8, 4) is 0 Å². The molecular weight excluding hydrogens is 286 g/mol. The van der Waals surface area contributed by atoms with Crippen LogP contribution >= 0.6 is 0 Å². The first-order valence-corrected chi connectivity index (χ1v) is 9.25. The van der Waals surface area contributed by atoms with Crippen LogP contribution in [-0.2, 0) is 23.6 Å². The van der Waals surface area contributed by atoms with E-state index in [-0.39, 0.29) is 12.1 Å². The zero-order valence-electron chi connectivity index (χ0n) is 13.5. The van der Waals surface area contributed by atoms with E-state index in [2.05, 4.69) is 12.2 Å². The molecule has 0 saturated carbocycles. The van der Waals surface area contributed by atoms with E-state index in [4.69, 9.17) is 0 Å². The first-order valence-electron chi connectivity index (χ1n) is 7.81. The molecule has 21 heavy (non-hydrogen) atoms. The second kappa shape index (κ2) is 6.50. The van der Waals surface area contributed by atoms with Gasteiger partial charge in [-0.05, 0) is 38.8 Å². The van der Waals surface area contributed by atoms with Crippen molar-refractivity contribution in [2.45, 2.75) is 63.6 Å². The first kappa shape index (κ1) is 16.5. The van der Waals surface area contributed by atoms with E-state index in [1.54, 1.807) is 16.6 Å². The van der Waals surface area contributed by atoms with Crippen LogP contribution < -0.4 is 5.32 Å². The maximum absolute atomic E-state index is 12.9. The molecule has 0 aliphatic carbocycles. The minimum absolute atomic E-state index is 0.0948. The van der Waals surface area contributed by atoms with E-state index in [9.17, 15) is 8.42 Å². The monoisotopic (exact) mass is 313 g/mol. The molecule has 1 saturated heterocycles. The molecule has 120 valence electrons. The summed E-state index contributed by atoms with van der Waals surface area (Å²) in [5.41, 5.74) is 0.996. The number of aromatic nitrogens is 1. The maximum atomic E-state index is 12.9. The van der Waals surface area contributed by atoms with E-state index < -0.39 is 10.0 Å². The fraction of sp³-hybridized carbons (Fsp3) is 0.733. The number of rotatable bonds is 6. The smallest absolute Gasteiger partial charge is 0.245 e. The molecule has 0 amide bonds. The van der Waals surface area contributed by atoms with Crippen LogP contribution in [0.15, 0.2) is 17.2 Å². The SMILES string of the molecule is CCNCc1cc(S(=O)(=O)N2C(C)CCC2CC)cn1C. The minimum Gasteiger partial charge on any atom is -0.352 e. The van der Waals surface area contributed by atoms with E-state index in [0.29, 0.717) is 11.4 Å². The number of hydrogen-bond acceptors (Lipinski definition) is 3. The van der Waals surface area contributed by atoms with Crippen LogP contribution in [0.1, 0.15) is 45.7 Å². The van der Waals surface area contributed by atoms with Crippen molar-refractivity contribution in [3.05, 3.63) is 18.0 Å². The molecule has 1 fully saturated rings. The van der Waals surface area contributed by atoms with Gasteiger partial charge in [-0.1, -0.05) is 13.8 Å². The standard InChI is InChI=1S/C15H27N3O2S/c1-5-13-8-7-12(3)18(13)21(19,20)15-9-14(10-16-6-2)17(4)11-15/h9,11-13,16H,5-8,10H2,1-4H3. The molecule has 2 unspecified atom stereocenters. The zero-order valence-corrected chi connectivity index (χ0v) is 14.3. The van der Waals surface area contributed by atoms with Crippen molar-refractivity contribution in [3.63, 3.8) is 0 Å². The molecule has 2 atom stereocenters. The van der Waals surface area contributed by atoms with Gasteiger partial charge in [-0.25, -0.2) is 8.42 Å². The zero-order chi connectivity index (χ0) is 15.6. The lowest BCUT2D eigenvalue weighted by atomic mass is 10.2. The highest BCUT2D eigenvalue weighted by molar-refractivity contribution is 7.89. The second-order valence-electron chi connectivity index (χ2n) is 5.88. The molecule has 0 spiro atoms. The van der Waals surface area contributed by atoms with Crippen molar-refractivity contribution in [2.24, 2.45) is 7.05 Å². The third-order valence-corrected chi connectivity index (χ3v) is 6.43. The molecular formula is C15H27N3O2S. The largest absolute Gasteiger partial charge is 0.352 e. The Hall–Kier alpha value is -0.850. The van der Waals surface area contributed by atoms with Gasteiger partial charge in [-0.2, -0.15) is 4.31 Å². The number of aryl methyl sites for hydroxylation is 1. The van der Waals surface area contributed by atoms with Crippen LogP contribution in [-0.4, -0.2) is 35.9 Å². The van der Waals surface area contributed by atoms with Crippen molar-refractivity contribution in [1.29, 1.82) is 0 Å². The summed E-state index contributed by atoms with van der Waals surface area (Å²) in [6.07, 6.45) is 4.53. The molecule has 1 aliphatic heterocycles. The van der Waals surface area contributed by atoms with Gasteiger partial charge in [0.15, 0.2) is 0 Å². The van der Waals surface area contributed by atoms with Gasteiger partial charge in [0.1, 0.15) is 4.90 Å². The lowest BCUT2D eigenvalue weighted by Gasteiger charge is -2.26. The molecule has 2 heterocycles. The van der Waals surface area contributed by atoms with Crippen LogP contribution in [0.5, 0.6) is 0 Å². The molecule has 1 aliphatic rings. The molecule has 1 aromatic rings. The van der Waals surface area contributed by atoms with E-state index in [1.165, 1.54) is 0 Å². The Balaban J connectivity index is 2.31. The van der Waals surface area contributed by atoms with Crippen LogP contribution in [0.2, 0.25) is 0 Å². The predicted molar refractivity (Wildman–Crippen MR) is 84.6 cm³/mol. The average molecular weight is 313 g/mol. The van der Waals surface area contributed by atoms with E-state index >= 15 is 0 Å². The lowest BCUT2D eigenvalue weighted by molar-refractivity contribution is 0.328. The van der Waals surface area contributed by atoms with Crippen LogP contribution in [0, 0.1) is 0 Å².